The van der Waals surface area contributed by atoms with Gasteiger partial charge >= 0.3 is 6.18 Å². The Bertz CT molecular complexity index is 952. The Balaban J connectivity index is 2.18. The molecule has 3 nitrogen and oxygen atoms in total. The lowest BCUT2D eigenvalue weighted by molar-refractivity contribution is -0.137. The number of hydrogen-bond donors (Lipinski definition) is 2. The molecule has 0 aliphatic carbocycles. The molecule has 0 aliphatic rings. The van der Waals surface area contributed by atoms with Gasteiger partial charge in [-0.15, -0.1) is 0 Å². The lowest BCUT2D eigenvalue weighted by atomic mass is 10.0. The van der Waals surface area contributed by atoms with Gasteiger partial charge in [0.2, 0.25) is 5.88 Å². The Labute approximate surface area is 150 Å². The molecule has 3 rings (SSSR count). The number of furan rings is 1. The molecule has 0 saturated carbocycles. The van der Waals surface area contributed by atoms with Gasteiger partial charge in [0.25, 0.3) is 0 Å². The van der Waals surface area contributed by atoms with E-state index in [4.69, 9.17) is 33.4 Å². The van der Waals surface area contributed by atoms with Gasteiger partial charge in [0, 0.05) is 5.56 Å². The van der Waals surface area contributed by atoms with E-state index < -0.39 is 17.5 Å². The Morgan fingerprint density at radius 2 is 1.72 bits per heavy atom. The average molecular weight is 388 g/mol. The van der Waals surface area contributed by atoms with Gasteiger partial charge in [0.1, 0.15) is 0 Å². The van der Waals surface area contributed by atoms with Crippen LogP contribution in [0.15, 0.2) is 46.9 Å². The van der Waals surface area contributed by atoms with E-state index in [1.165, 1.54) is 12.1 Å². The Morgan fingerprint density at radius 1 is 1.04 bits per heavy atom. The highest BCUT2D eigenvalue weighted by atomic mass is 35.5. The Kier molecular flexibility index (Phi) is 4.34. The molecule has 3 aromatic rings. The maximum Gasteiger partial charge on any atom is 0.416 e. The third kappa shape index (κ3) is 3.15. The van der Waals surface area contributed by atoms with Crippen LogP contribution in [0.2, 0.25) is 10.0 Å². The second-order valence-electron chi connectivity index (χ2n) is 5.20. The van der Waals surface area contributed by atoms with Crippen molar-refractivity contribution in [2.75, 3.05) is 5.73 Å². The first-order chi connectivity index (χ1) is 11.7. The third-order valence-corrected chi connectivity index (χ3v) is 4.40. The molecule has 2 aromatic carbocycles. The number of aromatic hydroxyl groups is 1. The number of halogens is 5. The van der Waals surface area contributed by atoms with Gasteiger partial charge in [0.05, 0.1) is 21.2 Å². The first-order valence-electron chi connectivity index (χ1n) is 6.93. The fraction of sp³-hybridized carbons (Fsp3) is 0.0588. The molecule has 0 aliphatic heterocycles. The predicted octanol–water partition coefficient (Wildman–Crippen LogP) is 6.23. The fourth-order valence-electron chi connectivity index (χ4n) is 2.43. The molecular weight excluding hydrogens is 378 g/mol. The minimum Gasteiger partial charge on any atom is -0.504 e. The zero-order chi connectivity index (χ0) is 18.4. The number of alkyl halides is 3. The van der Waals surface area contributed by atoms with Crippen LogP contribution >= 0.6 is 23.2 Å². The van der Waals surface area contributed by atoms with Gasteiger partial charge in [0.15, 0.2) is 11.5 Å². The summed E-state index contributed by atoms with van der Waals surface area (Å²) in [5.74, 6) is -0.721. The highest BCUT2D eigenvalue weighted by Crippen LogP contribution is 2.48. The first kappa shape index (κ1) is 17.5. The van der Waals surface area contributed by atoms with Crippen LogP contribution in [-0.2, 0) is 6.18 Å². The van der Waals surface area contributed by atoms with Crippen molar-refractivity contribution in [3.63, 3.8) is 0 Å². The number of nitrogen functional groups attached to an aromatic ring is 1. The minimum atomic E-state index is -4.52. The molecule has 0 spiro atoms. The zero-order valence-electron chi connectivity index (χ0n) is 12.4. The van der Waals surface area contributed by atoms with E-state index in [0.717, 1.165) is 12.1 Å². The molecule has 8 heteroatoms. The van der Waals surface area contributed by atoms with Crippen molar-refractivity contribution in [3.05, 3.63) is 58.1 Å². The summed E-state index contributed by atoms with van der Waals surface area (Å²) < 4.78 is 44.1. The molecular formula is C17H10Cl2F3NO2. The quantitative estimate of drug-likeness (QED) is 0.547. The molecule has 0 bridgehead atoms. The van der Waals surface area contributed by atoms with Crippen molar-refractivity contribution in [1.82, 2.24) is 0 Å². The topological polar surface area (TPSA) is 59.4 Å². The van der Waals surface area contributed by atoms with E-state index in [9.17, 15) is 18.3 Å². The van der Waals surface area contributed by atoms with Crippen LogP contribution in [0.1, 0.15) is 5.56 Å². The fourth-order valence-corrected chi connectivity index (χ4v) is 2.82. The SMILES string of the molecule is Nc1oc(-c2cccc(Cl)c2Cl)c(O)c1-c1cccc(C(F)(F)F)c1. The normalized spacial score (nSPS) is 11.7. The predicted molar refractivity (Wildman–Crippen MR) is 90.7 cm³/mol. The van der Waals surface area contributed by atoms with E-state index in [2.05, 4.69) is 0 Å². The van der Waals surface area contributed by atoms with Crippen molar-refractivity contribution < 1.29 is 22.7 Å². The highest BCUT2D eigenvalue weighted by molar-refractivity contribution is 6.43. The molecule has 0 unspecified atom stereocenters. The monoisotopic (exact) mass is 387 g/mol. The van der Waals surface area contributed by atoms with Crippen LogP contribution in [0.4, 0.5) is 19.1 Å². The molecule has 1 aromatic heterocycles. The lowest BCUT2D eigenvalue weighted by Gasteiger charge is -2.08. The summed E-state index contributed by atoms with van der Waals surface area (Å²) in [6.07, 6.45) is -4.52. The maximum absolute atomic E-state index is 12.9. The van der Waals surface area contributed by atoms with Crippen molar-refractivity contribution >= 4 is 29.1 Å². The van der Waals surface area contributed by atoms with Gasteiger partial charge in [-0.3, -0.25) is 0 Å². The maximum atomic E-state index is 12.9. The number of nitrogens with two attached hydrogens (primary N) is 1. The zero-order valence-corrected chi connectivity index (χ0v) is 13.9. The summed E-state index contributed by atoms with van der Waals surface area (Å²) in [6, 6.07) is 9.09. The molecule has 0 fully saturated rings. The molecule has 3 N–H and O–H groups in total. The van der Waals surface area contributed by atoms with Gasteiger partial charge in [-0.05, 0) is 29.8 Å². The van der Waals surface area contributed by atoms with E-state index in [-0.39, 0.29) is 38.4 Å². The summed E-state index contributed by atoms with van der Waals surface area (Å²) in [5.41, 5.74) is 5.20. The van der Waals surface area contributed by atoms with Crippen LogP contribution in [0.25, 0.3) is 22.5 Å². The molecule has 25 heavy (non-hydrogen) atoms. The van der Waals surface area contributed by atoms with Gasteiger partial charge in [-0.2, -0.15) is 13.2 Å². The molecule has 0 atom stereocenters. The van der Waals surface area contributed by atoms with Crippen LogP contribution < -0.4 is 5.73 Å². The number of rotatable bonds is 2. The van der Waals surface area contributed by atoms with Crippen LogP contribution in [0.3, 0.4) is 0 Å². The number of anilines is 1. The molecule has 0 radical (unpaired) electrons. The minimum absolute atomic E-state index is 0.0443. The average Bonchev–Trinajstić information content (AvgIpc) is 2.84. The summed E-state index contributed by atoms with van der Waals surface area (Å²) in [5, 5.41) is 10.8. The van der Waals surface area contributed by atoms with E-state index in [0.29, 0.717) is 0 Å². The van der Waals surface area contributed by atoms with Crippen molar-refractivity contribution in [3.8, 4) is 28.2 Å². The first-order valence-corrected chi connectivity index (χ1v) is 7.69. The summed E-state index contributed by atoms with van der Waals surface area (Å²) in [6.45, 7) is 0. The standard InChI is InChI=1S/C17H10Cl2F3NO2/c18-11-6-2-5-10(13(11)19)15-14(24)12(16(23)25-15)8-3-1-4-9(7-8)17(20,21)22/h1-7,24H,23H2. The molecule has 1 heterocycles. The summed E-state index contributed by atoms with van der Waals surface area (Å²) in [7, 11) is 0. The number of benzene rings is 2. The van der Waals surface area contributed by atoms with Crippen molar-refractivity contribution in [1.29, 1.82) is 0 Å². The van der Waals surface area contributed by atoms with Gasteiger partial charge in [-0.1, -0.05) is 41.4 Å². The molecule has 0 amide bonds. The third-order valence-electron chi connectivity index (χ3n) is 3.59. The smallest absolute Gasteiger partial charge is 0.416 e. The Hall–Kier alpha value is -2.31. The molecule has 130 valence electrons. The lowest BCUT2D eigenvalue weighted by Crippen LogP contribution is -2.04. The van der Waals surface area contributed by atoms with Crippen molar-refractivity contribution in [2.45, 2.75) is 6.18 Å². The van der Waals surface area contributed by atoms with Gasteiger partial charge < -0.3 is 15.3 Å². The van der Waals surface area contributed by atoms with Crippen LogP contribution in [0, 0.1) is 0 Å². The van der Waals surface area contributed by atoms with Crippen LogP contribution in [-0.4, -0.2) is 5.11 Å². The van der Waals surface area contributed by atoms with Crippen molar-refractivity contribution in [2.24, 2.45) is 0 Å². The largest absolute Gasteiger partial charge is 0.504 e. The summed E-state index contributed by atoms with van der Waals surface area (Å²) in [4.78, 5) is 0. The van der Waals surface area contributed by atoms with E-state index >= 15 is 0 Å². The molecule has 0 saturated heterocycles. The summed E-state index contributed by atoms with van der Waals surface area (Å²) >= 11 is 12.0. The number of hydrogen-bond acceptors (Lipinski definition) is 3. The van der Waals surface area contributed by atoms with Crippen LogP contribution in [0.5, 0.6) is 5.75 Å². The van der Waals surface area contributed by atoms with E-state index in [1.807, 2.05) is 0 Å². The highest BCUT2D eigenvalue weighted by Gasteiger charge is 2.31. The Morgan fingerprint density at radius 3 is 2.40 bits per heavy atom. The second-order valence-corrected chi connectivity index (χ2v) is 5.98. The van der Waals surface area contributed by atoms with E-state index in [1.54, 1.807) is 18.2 Å². The van der Waals surface area contributed by atoms with Gasteiger partial charge in [-0.25, -0.2) is 0 Å². The second kappa shape index (κ2) is 6.20.